The van der Waals surface area contributed by atoms with Crippen molar-refractivity contribution in [1.29, 1.82) is 5.26 Å². The van der Waals surface area contributed by atoms with Gasteiger partial charge in [-0.2, -0.15) is 5.26 Å². The average Bonchev–Trinajstić information content (AvgIpc) is 2.81. The first-order valence-corrected chi connectivity index (χ1v) is 12.3. The lowest BCUT2D eigenvalue weighted by molar-refractivity contribution is -0.00613. The third-order valence-corrected chi connectivity index (χ3v) is 8.76. The van der Waals surface area contributed by atoms with Crippen LogP contribution in [0, 0.1) is 29.1 Å². The van der Waals surface area contributed by atoms with Crippen molar-refractivity contribution in [2.24, 2.45) is 17.8 Å². The number of alkyl halides is 1. The van der Waals surface area contributed by atoms with Gasteiger partial charge in [-0.05, 0) is 113 Å². The van der Waals surface area contributed by atoms with Crippen LogP contribution in [0.2, 0.25) is 0 Å². The Labute approximate surface area is 195 Å². The normalized spacial score (nSPS) is 29.1. The highest BCUT2D eigenvalue weighted by Crippen LogP contribution is 2.62. The van der Waals surface area contributed by atoms with E-state index in [1.54, 1.807) is 0 Å². The highest BCUT2D eigenvalue weighted by Gasteiger charge is 2.52. The number of hydrogen-bond acceptors (Lipinski definition) is 2. The molecule has 1 unspecified atom stereocenters. The lowest BCUT2D eigenvalue weighted by atomic mass is 9.48. The summed E-state index contributed by atoms with van der Waals surface area (Å²) in [5.74, 6) is 3.78. The van der Waals surface area contributed by atoms with Gasteiger partial charge < -0.3 is 4.74 Å². The van der Waals surface area contributed by atoms with Crippen LogP contribution < -0.4 is 4.74 Å². The number of halogens is 1. The Balaban J connectivity index is 1.41. The lowest BCUT2D eigenvalue weighted by Crippen LogP contribution is -2.48. The molecule has 0 aromatic heterocycles. The molecule has 162 valence electrons. The van der Waals surface area contributed by atoms with Crippen molar-refractivity contribution in [2.75, 3.05) is 7.11 Å². The Morgan fingerprint density at radius 2 is 1.47 bits per heavy atom. The van der Waals surface area contributed by atoms with Gasteiger partial charge >= 0.3 is 0 Å². The van der Waals surface area contributed by atoms with Gasteiger partial charge in [0.05, 0.1) is 13.2 Å². The zero-order valence-electron chi connectivity index (χ0n) is 18.5. The summed E-state index contributed by atoms with van der Waals surface area (Å²) >= 11 is 6.12. The Hall–Kier alpha value is -2.50. The van der Waals surface area contributed by atoms with E-state index < -0.39 is 5.38 Å². The first-order chi connectivity index (χ1) is 15.6. The minimum Gasteiger partial charge on any atom is -0.496 e. The quantitative estimate of drug-likeness (QED) is 0.387. The number of nitriles is 1. The van der Waals surface area contributed by atoms with Gasteiger partial charge in [0.15, 0.2) is 0 Å². The molecular weight excluding hydrogens is 414 g/mol. The van der Waals surface area contributed by atoms with Crippen LogP contribution >= 0.6 is 11.6 Å². The second-order valence-corrected chi connectivity index (χ2v) is 10.9. The molecular formula is C29H28ClNO. The number of methoxy groups -OCH3 is 1. The summed E-state index contributed by atoms with van der Waals surface area (Å²) in [4.78, 5) is 0. The number of ether oxygens (including phenoxy) is 1. The zero-order valence-corrected chi connectivity index (χ0v) is 19.2. The first kappa shape index (κ1) is 20.1. The van der Waals surface area contributed by atoms with Gasteiger partial charge in [0.25, 0.3) is 0 Å². The van der Waals surface area contributed by atoms with E-state index in [4.69, 9.17) is 21.6 Å². The van der Waals surface area contributed by atoms with E-state index in [0.717, 1.165) is 34.5 Å². The van der Waals surface area contributed by atoms with Crippen LogP contribution in [0.3, 0.4) is 0 Å². The summed E-state index contributed by atoms with van der Waals surface area (Å²) in [6.07, 6.45) is 8.34. The summed E-state index contributed by atoms with van der Waals surface area (Å²) < 4.78 is 5.90. The molecule has 0 N–H and O–H groups in total. The fourth-order valence-electron chi connectivity index (χ4n) is 7.42. The molecule has 0 spiro atoms. The maximum atomic E-state index is 9.12. The molecule has 4 saturated carbocycles. The highest BCUT2D eigenvalue weighted by atomic mass is 35.5. The molecule has 0 aliphatic heterocycles. The van der Waals surface area contributed by atoms with Gasteiger partial charge in [-0.15, -0.1) is 11.6 Å². The summed E-state index contributed by atoms with van der Waals surface area (Å²) in [5.41, 5.74) is 5.07. The molecule has 1 atom stereocenters. The minimum absolute atomic E-state index is 0.300. The third kappa shape index (κ3) is 3.22. The number of fused-ring (bicyclic) bond motifs is 1. The fourth-order valence-corrected chi connectivity index (χ4v) is 7.55. The van der Waals surface area contributed by atoms with E-state index in [9.17, 15) is 0 Å². The Bertz CT molecular complexity index is 1200. The molecule has 4 aliphatic rings. The number of hydrogen-bond donors (Lipinski definition) is 0. The Morgan fingerprint density at radius 1 is 0.875 bits per heavy atom. The predicted molar refractivity (Wildman–Crippen MR) is 130 cm³/mol. The molecule has 32 heavy (non-hydrogen) atoms. The van der Waals surface area contributed by atoms with Crippen molar-refractivity contribution in [1.82, 2.24) is 0 Å². The second-order valence-electron chi connectivity index (χ2n) is 10.4. The van der Waals surface area contributed by atoms with Crippen molar-refractivity contribution in [3.05, 3.63) is 65.7 Å². The van der Waals surface area contributed by atoms with Crippen LogP contribution in [0.4, 0.5) is 0 Å². The topological polar surface area (TPSA) is 33.0 Å². The molecule has 3 aromatic carbocycles. The molecule has 0 radical (unpaired) electrons. The summed E-state index contributed by atoms with van der Waals surface area (Å²) in [5, 5.41) is 10.8. The largest absolute Gasteiger partial charge is 0.496 e. The molecule has 3 heteroatoms. The van der Waals surface area contributed by atoms with Gasteiger partial charge in [0.2, 0.25) is 0 Å². The smallest absolute Gasteiger partial charge is 0.145 e. The summed E-state index contributed by atoms with van der Waals surface area (Å²) in [6, 6.07) is 21.5. The summed E-state index contributed by atoms with van der Waals surface area (Å²) in [6.45, 7) is 0. The summed E-state index contributed by atoms with van der Waals surface area (Å²) in [7, 11) is 1.82. The van der Waals surface area contributed by atoms with E-state index in [2.05, 4.69) is 48.5 Å². The fraction of sp³-hybridized carbons (Fsp3) is 0.414. The van der Waals surface area contributed by atoms with Crippen molar-refractivity contribution in [2.45, 2.75) is 49.3 Å². The van der Waals surface area contributed by atoms with Crippen LogP contribution in [0.15, 0.2) is 54.6 Å². The first-order valence-electron chi connectivity index (χ1n) is 11.8. The van der Waals surface area contributed by atoms with Gasteiger partial charge in [-0.25, -0.2) is 0 Å². The van der Waals surface area contributed by atoms with E-state index in [1.807, 2.05) is 19.2 Å². The molecule has 0 saturated heterocycles. The molecule has 0 heterocycles. The van der Waals surface area contributed by atoms with Crippen molar-refractivity contribution in [3.8, 4) is 22.9 Å². The van der Waals surface area contributed by atoms with E-state index in [1.165, 1.54) is 60.6 Å². The second kappa shape index (κ2) is 7.53. The molecule has 4 fully saturated rings. The number of benzene rings is 3. The monoisotopic (exact) mass is 441 g/mol. The van der Waals surface area contributed by atoms with Gasteiger partial charge in [-0.3, -0.25) is 0 Å². The molecule has 7 rings (SSSR count). The van der Waals surface area contributed by atoms with Crippen LogP contribution in [0.5, 0.6) is 5.75 Å². The third-order valence-electron chi connectivity index (χ3n) is 8.41. The molecule has 2 nitrogen and oxygen atoms in total. The minimum atomic E-state index is -0.608. The van der Waals surface area contributed by atoms with Crippen molar-refractivity contribution >= 4 is 22.4 Å². The zero-order chi connectivity index (χ0) is 21.9. The molecule has 3 aromatic rings. The molecule has 4 aliphatic carbocycles. The standard InChI is InChI=1S/C29H28ClNO/c1-32-28-7-6-24(13-26(28)29-14-18-8-19(15-29)10-20(9-18)16-29)22-2-3-23-12-25(27(30)17-31)5-4-21(23)11-22/h2-7,11-13,18-20,27H,8-10,14-16H2,1H3. The Kier molecular flexibility index (Phi) is 4.74. The van der Waals surface area contributed by atoms with E-state index >= 15 is 0 Å². The van der Waals surface area contributed by atoms with Crippen LogP contribution in [-0.2, 0) is 5.41 Å². The number of nitrogens with zero attached hydrogens (tertiary/aromatic N) is 1. The van der Waals surface area contributed by atoms with Gasteiger partial charge in [-0.1, -0.05) is 30.3 Å². The van der Waals surface area contributed by atoms with Gasteiger partial charge in [0.1, 0.15) is 11.1 Å². The predicted octanol–water partition coefficient (Wildman–Crippen LogP) is 7.79. The van der Waals surface area contributed by atoms with Crippen LogP contribution in [-0.4, -0.2) is 7.11 Å². The van der Waals surface area contributed by atoms with Crippen molar-refractivity contribution < 1.29 is 4.74 Å². The number of rotatable bonds is 4. The molecule has 4 bridgehead atoms. The van der Waals surface area contributed by atoms with Crippen molar-refractivity contribution in [3.63, 3.8) is 0 Å². The van der Waals surface area contributed by atoms with Crippen LogP contribution in [0.1, 0.15) is 55.0 Å². The van der Waals surface area contributed by atoms with E-state index in [-0.39, 0.29) is 0 Å². The Morgan fingerprint density at radius 3 is 2.12 bits per heavy atom. The SMILES string of the molecule is COc1ccc(-c2ccc3cc(C(Cl)C#N)ccc3c2)cc1C12CC3CC(CC(C3)C1)C2. The van der Waals surface area contributed by atoms with E-state index in [0.29, 0.717) is 5.41 Å². The molecule has 0 amide bonds. The highest BCUT2D eigenvalue weighted by molar-refractivity contribution is 6.22. The van der Waals surface area contributed by atoms with Crippen LogP contribution in [0.25, 0.3) is 21.9 Å². The van der Waals surface area contributed by atoms with Gasteiger partial charge in [0, 0.05) is 5.56 Å². The lowest BCUT2D eigenvalue weighted by Gasteiger charge is -2.57. The average molecular weight is 442 g/mol. The maximum absolute atomic E-state index is 9.12. The maximum Gasteiger partial charge on any atom is 0.145 e.